The lowest BCUT2D eigenvalue weighted by Gasteiger charge is -2.38. The monoisotopic (exact) mass is 323 g/mol. The molecule has 0 aliphatic heterocycles. The maximum Gasteiger partial charge on any atom is 0.413 e. The molecule has 0 radical (unpaired) electrons. The fourth-order valence-corrected chi connectivity index (χ4v) is 2.02. The molecule has 0 bridgehead atoms. The predicted molar refractivity (Wildman–Crippen MR) is 86.1 cm³/mol. The number of hydrogen-bond donors (Lipinski definition) is 0. The minimum Gasteiger partial charge on any atom is -0.465 e. The molecule has 6 nitrogen and oxygen atoms in total. The number of para-hydroxylation sites is 1. The zero-order valence-corrected chi connectivity index (χ0v) is 14.6. The van der Waals surface area contributed by atoms with Crippen LogP contribution in [0.4, 0.5) is 4.79 Å². The molecule has 0 spiro atoms. The Morgan fingerprint density at radius 1 is 1.13 bits per heavy atom. The number of ether oxygens (including phenoxy) is 3. The molecule has 1 aromatic carbocycles. The second kappa shape index (κ2) is 7.35. The van der Waals surface area contributed by atoms with Crippen molar-refractivity contribution in [3.63, 3.8) is 0 Å². The van der Waals surface area contributed by atoms with Crippen LogP contribution in [0.25, 0.3) is 0 Å². The average Bonchev–Trinajstić information content (AvgIpc) is 2.50. The number of carbonyl (C=O) groups excluding carboxylic acids is 2. The van der Waals surface area contributed by atoms with Crippen molar-refractivity contribution in [1.29, 1.82) is 0 Å². The standard InChI is InChI=1S/C17H25NO5/c1-7-17(14(19)21-6,22-13-11-9-8-10-12-13)18(5)15(20)23-16(2,3)4/h8-12H,7H2,1-6H3. The molecule has 0 aromatic heterocycles. The first-order chi connectivity index (χ1) is 10.7. The van der Waals surface area contributed by atoms with E-state index >= 15 is 0 Å². The highest BCUT2D eigenvalue weighted by atomic mass is 16.6. The lowest BCUT2D eigenvalue weighted by Crippen LogP contribution is -2.60. The lowest BCUT2D eigenvalue weighted by atomic mass is 10.1. The Kier molecular flexibility index (Phi) is 6.01. The summed E-state index contributed by atoms with van der Waals surface area (Å²) in [4.78, 5) is 25.9. The Hall–Kier alpha value is -2.24. The van der Waals surface area contributed by atoms with E-state index in [0.29, 0.717) is 5.75 Å². The molecule has 0 aliphatic rings. The van der Waals surface area contributed by atoms with Crippen molar-refractivity contribution < 1.29 is 23.8 Å². The molecule has 0 N–H and O–H groups in total. The summed E-state index contributed by atoms with van der Waals surface area (Å²) in [6.45, 7) is 6.99. The highest BCUT2D eigenvalue weighted by Crippen LogP contribution is 2.27. The number of rotatable bonds is 5. The van der Waals surface area contributed by atoms with Gasteiger partial charge in [0.05, 0.1) is 7.11 Å². The van der Waals surface area contributed by atoms with Gasteiger partial charge in [0.2, 0.25) is 0 Å². The molecule has 0 saturated heterocycles. The molecular formula is C17H25NO5. The maximum atomic E-state index is 12.4. The van der Waals surface area contributed by atoms with E-state index < -0.39 is 23.4 Å². The highest BCUT2D eigenvalue weighted by molar-refractivity contribution is 5.84. The summed E-state index contributed by atoms with van der Waals surface area (Å²) in [5.41, 5.74) is -2.29. The minimum absolute atomic E-state index is 0.199. The molecule has 0 heterocycles. The number of nitrogens with zero attached hydrogens (tertiary/aromatic N) is 1. The van der Waals surface area contributed by atoms with Crippen LogP contribution in [0.5, 0.6) is 5.75 Å². The summed E-state index contributed by atoms with van der Waals surface area (Å²) in [7, 11) is 2.71. The van der Waals surface area contributed by atoms with Crippen LogP contribution in [0.2, 0.25) is 0 Å². The van der Waals surface area contributed by atoms with Crippen LogP contribution < -0.4 is 4.74 Å². The summed E-state index contributed by atoms with van der Waals surface area (Å²) in [5, 5.41) is 0. The molecule has 1 rings (SSSR count). The predicted octanol–water partition coefficient (Wildman–Crippen LogP) is 3.21. The lowest BCUT2D eigenvalue weighted by molar-refractivity contribution is -0.176. The fourth-order valence-electron chi connectivity index (χ4n) is 2.02. The summed E-state index contributed by atoms with van der Waals surface area (Å²) >= 11 is 0. The normalized spacial score (nSPS) is 13.7. The van der Waals surface area contributed by atoms with E-state index in [-0.39, 0.29) is 6.42 Å². The molecule has 23 heavy (non-hydrogen) atoms. The molecule has 0 aliphatic carbocycles. The first-order valence-electron chi connectivity index (χ1n) is 7.45. The van der Waals surface area contributed by atoms with Crippen molar-refractivity contribution in [2.24, 2.45) is 0 Å². The van der Waals surface area contributed by atoms with Gasteiger partial charge in [-0.15, -0.1) is 0 Å². The average molecular weight is 323 g/mol. The van der Waals surface area contributed by atoms with Gasteiger partial charge in [0.15, 0.2) is 0 Å². The van der Waals surface area contributed by atoms with E-state index in [0.717, 1.165) is 4.90 Å². The van der Waals surface area contributed by atoms with Gasteiger partial charge in [-0.3, -0.25) is 4.90 Å². The third kappa shape index (κ3) is 4.61. The second-order valence-electron chi connectivity index (χ2n) is 6.08. The van der Waals surface area contributed by atoms with Crippen LogP contribution >= 0.6 is 0 Å². The summed E-state index contributed by atoms with van der Waals surface area (Å²) in [5.74, 6) is -0.215. The van der Waals surface area contributed by atoms with E-state index in [2.05, 4.69) is 0 Å². The number of amides is 1. The molecule has 1 atom stereocenters. The topological polar surface area (TPSA) is 65.1 Å². The van der Waals surface area contributed by atoms with Gasteiger partial charge in [-0.05, 0) is 32.9 Å². The van der Waals surface area contributed by atoms with Gasteiger partial charge in [0.25, 0.3) is 5.72 Å². The Bertz CT molecular complexity index is 538. The third-order valence-electron chi connectivity index (χ3n) is 3.22. The van der Waals surface area contributed by atoms with Crippen molar-refractivity contribution in [2.45, 2.75) is 45.4 Å². The van der Waals surface area contributed by atoms with Crippen LogP contribution in [-0.4, -0.2) is 42.4 Å². The third-order valence-corrected chi connectivity index (χ3v) is 3.22. The van der Waals surface area contributed by atoms with Crippen molar-refractivity contribution in [2.75, 3.05) is 14.2 Å². The molecule has 1 aromatic rings. The molecule has 128 valence electrons. The van der Waals surface area contributed by atoms with E-state index in [1.807, 2.05) is 6.07 Å². The highest BCUT2D eigenvalue weighted by Gasteiger charge is 2.48. The van der Waals surface area contributed by atoms with Crippen LogP contribution in [0, 0.1) is 0 Å². The number of hydrogen-bond acceptors (Lipinski definition) is 5. The van der Waals surface area contributed by atoms with E-state index in [1.54, 1.807) is 52.0 Å². The molecule has 0 saturated carbocycles. The summed E-state index contributed by atoms with van der Waals surface area (Å²) < 4.78 is 16.1. The van der Waals surface area contributed by atoms with Crippen LogP contribution in [-0.2, 0) is 14.3 Å². The van der Waals surface area contributed by atoms with Crippen LogP contribution in [0.3, 0.4) is 0 Å². The first-order valence-corrected chi connectivity index (χ1v) is 7.45. The van der Waals surface area contributed by atoms with Crippen molar-refractivity contribution in [3.05, 3.63) is 30.3 Å². The SMILES string of the molecule is CCC(Oc1ccccc1)(C(=O)OC)N(C)C(=O)OC(C)(C)C. The fraction of sp³-hybridized carbons (Fsp3) is 0.529. The zero-order valence-electron chi connectivity index (χ0n) is 14.6. The molecular weight excluding hydrogens is 298 g/mol. The van der Waals surface area contributed by atoms with Crippen molar-refractivity contribution >= 4 is 12.1 Å². The molecule has 1 unspecified atom stereocenters. The van der Waals surface area contributed by atoms with Gasteiger partial charge in [-0.2, -0.15) is 0 Å². The van der Waals surface area contributed by atoms with Gasteiger partial charge >= 0.3 is 12.1 Å². The van der Waals surface area contributed by atoms with E-state index in [4.69, 9.17) is 14.2 Å². The molecule has 0 fully saturated rings. The largest absolute Gasteiger partial charge is 0.465 e. The van der Waals surface area contributed by atoms with Gasteiger partial charge in [-0.1, -0.05) is 25.1 Å². The summed E-state index contributed by atoms with van der Waals surface area (Å²) in [6.07, 6.45) is -0.467. The van der Waals surface area contributed by atoms with Crippen molar-refractivity contribution in [3.8, 4) is 5.75 Å². The van der Waals surface area contributed by atoms with Gasteiger partial charge in [-0.25, -0.2) is 9.59 Å². The summed E-state index contributed by atoms with van der Waals surface area (Å²) in [6, 6.07) is 8.80. The van der Waals surface area contributed by atoms with Crippen molar-refractivity contribution in [1.82, 2.24) is 4.90 Å². The zero-order chi connectivity index (χ0) is 17.7. The van der Waals surface area contributed by atoms with E-state index in [1.165, 1.54) is 14.2 Å². The van der Waals surface area contributed by atoms with Gasteiger partial charge in [0, 0.05) is 13.5 Å². The molecule has 6 heteroatoms. The Balaban J connectivity index is 3.17. The Morgan fingerprint density at radius 3 is 2.13 bits per heavy atom. The number of esters is 1. The van der Waals surface area contributed by atoms with Gasteiger partial charge in [0.1, 0.15) is 11.4 Å². The maximum absolute atomic E-state index is 12.4. The molecule has 1 amide bonds. The number of likely N-dealkylation sites (N-methyl/N-ethyl adjacent to an activating group) is 1. The number of benzene rings is 1. The van der Waals surface area contributed by atoms with Gasteiger partial charge < -0.3 is 14.2 Å². The number of methoxy groups -OCH3 is 1. The van der Waals surface area contributed by atoms with E-state index in [9.17, 15) is 9.59 Å². The Morgan fingerprint density at radius 2 is 1.70 bits per heavy atom. The second-order valence-corrected chi connectivity index (χ2v) is 6.08. The first kappa shape index (κ1) is 18.8. The van der Waals surface area contributed by atoms with Crippen LogP contribution in [0.1, 0.15) is 34.1 Å². The van der Waals surface area contributed by atoms with Crippen LogP contribution in [0.15, 0.2) is 30.3 Å². The minimum atomic E-state index is -1.60. The Labute approximate surface area is 137 Å². The quantitative estimate of drug-likeness (QED) is 0.615. The number of carbonyl (C=O) groups is 2. The smallest absolute Gasteiger partial charge is 0.413 e.